The first-order chi connectivity index (χ1) is 15.7. The first-order valence-electron chi connectivity index (χ1n) is 10.1. The monoisotopic (exact) mass is 460 g/mol. The van der Waals surface area contributed by atoms with Crippen LogP contribution in [0.3, 0.4) is 0 Å². The molecule has 2 N–H and O–H groups in total. The Labute approximate surface area is 194 Å². The molecular formula is C24H20N4O4S. The minimum absolute atomic E-state index is 0.0933. The number of oxazole rings is 1. The highest BCUT2D eigenvalue weighted by Gasteiger charge is 2.14. The molecule has 1 aromatic heterocycles. The molecule has 0 spiro atoms. The standard InChI is InChI=1S/C24H20N4O4S/c1-13-10-15(3)21-20(11-13)25-23(32-21)17-5-4-14(2)19(12-17)26-24(33)27-22(29)16-6-8-18(9-7-16)28(30)31/h4-12H,1-3H3,(H2,26,27,29,33). The zero-order valence-corrected chi connectivity index (χ0v) is 18.9. The maximum absolute atomic E-state index is 12.4. The molecule has 166 valence electrons. The molecule has 0 saturated carbocycles. The van der Waals surface area contributed by atoms with Crippen molar-refractivity contribution in [1.29, 1.82) is 0 Å². The molecule has 4 aromatic rings. The lowest BCUT2D eigenvalue weighted by Gasteiger charge is -2.12. The van der Waals surface area contributed by atoms with E-state index in [0.717, 1.165) is 33.4 Å². The first kappa shape index (κ1) is 22.1. The molecule has 0 atom stereocenters. The van der Waals surface area contributed by atoms with Gasteiger partial charge in [0, 0.05) is 28.9 Å². The van der Waals surface area contributed by atoms with Gasteiger partial charge in [-0.2, -0.15) is 0 Å². The second-order valence-corrected chi connectivity index (χ2v) is 8.10. The van der Waals surface area contributed by atoms with Crippen LogP contribution in [0.1, 0.15) is 27.0 Å². The fourth-order valence-electron chi connectivity index (χ4n) is 3.45. The van der Waals surface area contributed by atoms with Gasteiger partial charge in [0.2, 0.25) is 5.89 Å². The average Bonchev–Trinajstić information content (AvgIpc) is 3.19. The van der Waals surface area contributed by atoms with Crippen LogP contribution >= 0.6 is 12.2 Å². The van der Waals surface area contributed by atoms with E-state index in [9.17, 15) is 14.9 Å². The summed E-state index contributed by atoms with van der Waals surface area (Å²) in [5, 5.41) is 16.5. The number of aryl methyl sites for hydroxylation is 3. The number of fused-ring (bicyclic) bond motifs is 1. The van der Waals surface area contributed by atoms with E-state index in [0.29, 0.717) is 11.6 Å². The summed E-state index contributed by atoms with van der Waals surface area (Å²) in [6.07, 6.45) is 0. The number of carbonyl (C=O) groups excluding carboxylic acids is 1. The molecular weight excluding hydrogens is 440 g/mol. The smallest absolute Gasteiger partial charge is 0.269 e. The third-order valence-electron chi connectivity index (χ3n) is 5.12. The summed E-state index contributed by atoms with van der Waals surface area (Å²) in [5.74, 6) is 0.0172. The lowest BCUT2D eigenvalue weighted by molar-refractivity contribution is -0.384. The van der Waals surface area contributed by atoms with E-state index in [1.807, 2.05) is 51.1 Å². The summed E-state index contributed by atoms with van der Waals surface area (Å²) in [5.41, 5.74) is 6.20. The summed E-state index contributed by atoms with van der Waals surface area (Å²) >= 11 is 5.29. The lowest BCUT2D eigenvalue weighted by atomic mass is 10.1. The highest BCUT2D eigenvalue weighted by molar-refractivity contribution is 7.80. The van der Waals surface area contributed by atoms with Crippen molar-refractivity contribution >= 4 is 45.7 Å². The molecule has 4 rings (SSSR count). The van der Waals surface area contributed by atoms with Crippen LogP contribution in [-0.4, -0.2) is 20.9 Å². The Morgan fingerprint density at radius 2 is 1.76 bits per heavy atom. The topological polar surface area (TPSA) is 110 Å². The van der Waals surface area contributed by atoms with Gasteiger partial charge < -0.3 is 9.73 Å². The highest BCUT2D eigenvalue weighted by atomic mass is 32.1. The number of nitrogens with zero attached hydrogens (tertiary/aromatic N) is 2. The Hall–Kier alpha value is -4.11. The predicted molar refractivity (Wildman–Crippen MR) is 130 cm³/mol. The van der Waals surface area contributed by atoms with Gasteiger partial charge in [0.15, 0.2) is 10.7 Å². The quantitative estimate of drug-likeness (QED) is 0.236. The summed E-state index contributed by atoms with van der Waals surface area (Å²) in [4.78, 5) is 27.3. The third kappa shape index (κ3) is 4.73. The number of aromatic nitrogens is 1. The number of non-ortho nitro benzene ring substituents is 1. The summed E-state index contributed by atoms with van der Waals surface area (Å²) < 4.78 is 6.00. The molecule has 0 fully saturated rings. The van der Waals surface area contributed by atoms with E-state index in [-0.39, 0.29) is 16.4 Å². The van der Waals surface area contributed by atoms with Crippen molar-refractivity contribution < 1.29 is 14.1 Å². The highest BCUT2D eigenvalue weighted by Crippen LogP contribution is 2.30. The van der Waals surface area contributed by atoms with Crippen LogP contribution in [0, 0.1) is 30.9 Å². The van der Waals surface area contributed by atoms with Gasteiger partial charge in [-0.25, -0.2) is 4.98 Å². The molecule has 0 radical (unpaired) electrons. The number of nitro groups is 1. The summed E-state index contributed by atoms with van der Waals surface area (Å²) in [6, 6.07) is 15.0. The minimum atomic E-state index is -0.525. The normalized spacial score (nSPS) is 10.8. The van der Waals surface area contributed by atoms with Gasteiger partial charge in [0.05, 0.1) is 4.92 Å². The van der Waals surface area contributed by atoms with Crippen molar-refractivity contribution in [3.63, 3.8) is 0 Å². The van der Waals surface area contributed by atoms with E-state index in [1.54, 1.807) is 0 Å². The molecule has 0 aliphatic carbocycles. The number of amides is 1. The van der Waals surface area contributed by atoms with Crippen LogP contribution in [0.15, 0.2) is 59.0 Å². The van der Waals surface area contributed by atoms with Crippen molar-refractivity contribution in [2.45, 2.75) is 20.8 Å². The van der Waals surface area contributed by atoms with Gasteiger partial charge in [-0.05, 0) is 80.0 Å². The Bertz CT molecular complexity index is 1410. The zero-order chi connectivity index (χ0) is 23.7. The van der Waals surface area contributed by atoms with Crippen LogP contribution in [-0.2, 0) is 0 Å². The number of nitrogens with one attached hydrogen (secondary N) is 2. The van der Waals surface area contributed by atoms with E-state index in [1.165, 1.54) is 24.3 Å². The van der Waals surface area contributed by atoms with E-state index in [4.69, 9.17) is 16.6 Å². The molecule has 0 aliphatic rings. The van der Waals surface area contributed by atoms with E-state index in [2.05, 4.69) is 15.6 Å². The number of carbonyl (C=O) groups is 1. The Balaban J connectivity index is 1.52. The van der Waals surface area contributed by atoms with E-state index < -0.39 is 10.8 Å². The fraction of sp³-hybridized carbons (Fsp3) is 0.125. The zero-order valence-electron chi connectivity index (χ0n) is 18.1. The molecule has 1 heterocycles. The Morgan fingerprint density at radius 3 is 2.45 bits per heavy atom. The minimum Gasteiger partial charge on any atom is -0.436 e. The molecule has 3 aromatic carbocycles. The van der Waals surface area contributed by atoms with Crippen LogP contribution in [0.25, 0.3) is 22.6 Å². The number of anilines is 1. The molecule has 0 aliphatic heterocycles. The summed E-state index contributed by atoms with van der Waals surface area (Å²) in [7, 11) is 0. The number of benzene rings is 3. The SMILES string of the molecule is Cc1cc(C)c2oc(-c3ccc(C)c(NC(=S)NC(=O)c4ccc([N+](=O)[O-])cc4)c3)nc2c1. The molecule has 9 heteroatoms. The average molecular weight is 461 g/mol. The maximum atomic E-state index is 12.4. The number of nitro benzene ring substituents is 1. The second kappa shape index (κ2) is 8.79. The van der Waals surface area contributed by atoms with Gasteiger partial charge in [-0.3, -0.25) is 20.2 Å². The Morgan fingerprint density at radius 1 is 1.03 bits per heavy atom. The third-order valence-corrected chi connectivity index (χ3v) is 5.32. The molecule has 33 heavy (non-hydrogen) atoms. The lowest BCUT2D eigenvalue weighted by Crippen LogP contribution is -2.34. The Kier molecular flexibility index (Phi) is 5.89. The molecule has 0 bridgehead atoms. The number of hydrogen-bond acceptors (Lipinski definition) is 6. The van der Waals surface area contributed by atoms with Gasteiger partial charge in [0.1, 0.15) is 5.52 Å². The van der Waals surface area contributed by atoms with Gasteiger partial charge >= 0.3 is 0 Å². The van der Waals surface area contributed by atoms with Crippen molar-refractivity contribution in [2.75, 3.05) is 5.32 Å². The van der Waals surface area contributed by atoms with Crippen LogP contribution in [0.2, 0.25) is 0 Å². The van der Waals surface area contributed by atoms with Crippen molar-refractivity contribution in [2.24, 2.45) is 0 Å². The second-order valence-electron chi connectivity index (χ2n) is 7.69. The molecule has 8 nitrogen and oxygen atoms in total. The van der Waals surface area contributed by atoms with Gasteiger partial charge in [-0.15, -0.1) is 0 Å². The summed E-state index contributed by atoms with van der Waals surface area (Å²) in [6.45, 7) is 5.91. The molecule has 0 unspecified atom stereocenters. The number of hydrogen-bond donors (Lipinski definition) is 2. The largest absolute Gasteiger partial charge is 0.436 e. The van der Waals surface area contributed by atoms with Crippen LogP contribution in [0.4, 0.5) is 11.4 Å². The van der Waals surface area contributed by atoms with E-state index >= 15 is 0 Å². The van der Waals surface area contributed by atoms with Gasteiger partial charge in [0.25, 0.3) is 11.6 Å². The van der Waals surface area contributed by atoms with Crippen molar-refractivity contribution in [3.8, 4) is 11.5 Å². The molecule has 1 amide bonds. The maximum Gasteiger partial charge on any atom is 0.269 e. The van der Waals surface area contributed by atoms with Crippen LogP contribution < -0.4 is 10.6 Å². The van der Waals surface area contributed by atoms with Crippen molar-refractivity contribution in [3.05, 3.63) is 87.0 Å². The van der Waals surface area contributed by atoms with Crippen molar-refractivity contribution in [1.82, 2.24) is 10.3 Å². The molecule has 0 saturated heterocycles. The van der Waals surface area contributed by atoms with Crippen LogP contribution in [0.5, 0.6) is 0 Å². The number of rotatable bonds is 4. The fourth-order valence-corrected chi connectivity index (χ4v) is 3.66. The number of thiocarbonyl (C=S) groups is 1. The predicted octanol–water partition coefficient (Wildman–Crippen LogP) is 5.46. The first-order valence-corrected chi connectivity index (χ1v) is 10.5. The van der Waals surface area contributed by atoms with Gasteiger partial charge in [-0.1, -0.05) is 12.1 Å².